The maximum atomic E-state index is 10.9. The van der Waals surface area contributed by atoms with Gasteiger partial charge in [-0.25, -0.2) is 4.79 Å². The van der Waals surface area contributed by atoms with E-state index >= 15 is 0 Å². The number of esters is 1. The van der Waals surface area contributed by atoms with Crippen LogP contribution in [-0.2, 0) is 19.1 Å². The molecule has 0 aromatic heterocycles. The minimum Gasteiger partial charge on any atom is -0.481 e. The molecule has 5 heteroatoms. The highest BCUT2D eigenvalue weighted by atomic mass is 16.5. The lowest BCUT2D eigenvalue weighted by atomic mass is 10.0. The highest BCUT2D eigenvalue weighted by Crippen LogP contribution is 2.16. The van der Waals surface area contributed by atoms with Crippen molar-refractivity contribution in [1.82, 2.24) is 0 Å². The Labute approximate surface area is 170 Å². The van der Waals surface area contributed by atoms with Crippen LogP contribution in [0.4, 0.5) is 0 Å². The smallest absolute Gasteiger partial charge is 0.305 e. The number of hydrogen-bond donors (Lipinski definition) is 1. The van der Waals surface area contributed by atoms with Crippen molar-refractivity contribution in [3.05, 3.63) is 5.57 Å². The van der Waals surface area contributed by atoms with E-state index in [0.717, 1.165) is 56.9 Å². The molecule has 1 heterocycles. The van der Waals surface area contributed by atoms with Crippen molar-refractivity contribution >= 4 is 17.9 Å². The largest absolute Gasteiger partial charge is 0.481 e. The zero-order valence-electron chi connectivity index (χ0n) is 17.8. The number of rotatable bonds is 16. The normalized spacial score (nSPS) is 12.7. The maximum Gasteiger partial charge on any atom is 0.305 e. The predicted octanol–water partition coefficient (Wildman–Crippen LogP) is 6.02. The molecule has 0 spiro atoms. The van der Waals surface area contributed by atoms with Crippen LogP contribution < -0.4 is 0 Å². The summed E-state index contributed by atoms with van der Waals surface area (Å²) in [6.45, 7) is 2.83. The summed E-state index contributed by atoms with van der Waals surface area (Å²) < 4.78 is 4.51. The highest BCUT2D eigenvalue weighted by Gasteiger charge is 2.08. The van der Waals surface area contributed by atoms with Gasteiger partial charge in [-0.05, 0) is 38.5 Å². The molecular formula is C23H40O5. The quantitative estimate of drug-likeness (QED) is 0.196. The van der Waals surface area contributed by atoms with Gasteiger partial charge in [0.15, 0.2) is 0 Å². The summed E-state index contributed by atoms with van der Waals surface area (Å²) in [6.07, 6.45) is 17.5. The molecule has 0 aromatic carbocycles. The molecule has 0 radical (unpaired) electrons. The van der Waals surface area contributed by atoms with Gasteiger partial charge in [0, 0.05) is 18.4 Å². The van der Waals surface area contributed by atoms with E-state index in [9.17, 15) is 14.4 Å². The lowest BCUT2D eigenvalue weighted by Crippen LogP contribution is -1.93. The van der Waals surface area contributed by atoms with Crippen LogP contribution in [-0.4, -0.2) is 29.6 Å². The molecule has 5 nitrogen and oxygen atoms in total. The van der Waals surface area contributed by atoms with Crippen LogP contribution in [0.15, 0.2) is 5.57 Å². The third kappa shape index (κ3) is 19.2. The van der Waals surface area contributed by atoms with E-state index < -0.39 is 5.97 Å². The molecule has 1 N–H and O–H groups in total. The number of unbranched alkanes of at least 4 members (excludes halogenated alkanes) is 10. The van der Waals surface area contributed by atoms with Crippen molar-refractivity contribution in [3.63, 3.8) is 0 Å². The number of carboxylic acids is 1. The molecule has 1 fully saturated rings. The molecule has 0 atom stereocenters. The van der Waals surface area contributed by atoms with Crippen molar-refractivity contribution in [3.8, 4) is 0 Å². The molecule has 1 saturated heterocycles. The lowest BCUT2D eigenvalue weighted by Gasteiger charge is -2.04. The van der Waals surface area contributed by atoms with Crippen LogP contribution in [0.3, 0.4) is 0 Å². The number of cyclic esters (lactones) is 1. The van der Waals surface area contributed by atoms with Gasteiger partial charge in [0.2, 0.25) is 0 Å². The fourth-order valence-corrected chi connectivity index (χ4v) is 3.14. The average Bonchev–Trinajstić information content (AvgIpc) is 3.16. The Hall–Kier alpha value is -1.61. The van der Waals surface area contributed by atoms with Gasteiger partial charge < -0.3 is 9.84 Å². The lowest BCUT2D eigenvalue weighted by molar-refractivity contribution is -0.138. The Bertz CT molecular complexity index is 444. The van der Waals surface area contributed by atoms with Crippen LogP contribution in [0.25, 0.3) is 0 Å². The fourth-order valence-electron chi connectivity index (χ4n) is 3.14. The number of allylic oxidation sites excluding steroid dienone is 1. The van der Waals surface area contributed by atoms with Crippen LogP contribution >= 0.6 is 0 Å². The minimum atomic E-state index is -0.686. The van der Waals surface area contributed by atoms with Gasteiger partial charge in [-0.3, -0.25) is 9.59 Å². The maximum absolute atomic E-state index is 10.9. The molecule has 0 unspecified atom stereocenters. The first-order chi connectivity index (χ1) is 13.6. The van der Waals surface area contributed by atoms with Gasteiger partial charge in [0.25, 0.3) is 0 Å². The second kappa shape index (κ2) is 20.1. The summed E-state index contributed by atoms with van der Waals surface area (Å²) in [6, 6.07) is 0. The zero-order chi connectivity index (χ0) is 20.9. The SMILES string of the molecule is CCCCCCC(=C=O)CCCCCCCCCCC(=O)O.O=C1CCCO1. The first kappa shape index (κ1) is 26.4. The summed E-state index contributed by atoms with van der Waals surface area (Å²) in [5, 5.41) is 8.53. The Morgan fingerprint density at radius 1 is 0.893 bits per heavy atom. The van der Waals surface area contributed by atoms with Crippen LogP contribution in [0.2, 0.25) is 0 Å². The molecule has 0 saturated carbocycles. The number of ether oxygens (including phenoxy) is 1. The molecule has 0 amide bonds. The molecule has 0 aliphatic carbocycles. The Kier molecular flexibility index (Phi) is 19.0. The van der Waals surface area contributed by atoms with Gasteiger partial charge in [0.1, 0.15) is 5.94 Å². The van der Waals surface area contributed by atoms with E-state index in [1.165, 1.54) is 44.9 Å². The van der Waals surface area contributed by atoms with Crippen molar-refractivity contribution in [1.29, 1.82) is 0 Å². The van der Waals surface area contributed by atoms with Crippen LogP contribution in [0, 0.1) is 0 Å². The van der Waals surface area contributed by atoms with Crippen LogP contribution in [0.1, 0.15) is 116 Å². The standard InChI is InChI=1S/C19H34O3.C4H6O2/c1-2-3-4-11-14-18(17-20)15-12-9-7-5-6-8-10-13-16-19(21)22;5-4-2-1-3-6-4/h2-16H2,1H3,(H,21,22);1-3H2. The number of hydrogen-bond acceptors (Lipinski definition) is 4. The third-order valence-electron chi connectivity index (χ3n) is 4.88. The fraction of sp³-hybridized carbons (Fsp3) is 0.826. The summed E-state index contributed by atoms with van der Waals surface area (Å²) in [5.74, 6) is 1.40. The number of carbonyl (C=O) groups is 2. The number of aliphatic carboxylic acids is 1. The second-order valence-corrected chi connectivity index (χ2v) is 7.56. The molecule has 0 aromatic rings. The average molecular weight is 397 g/mol. The topological polar surface area (TPSA) is 80.7 Å². The van der Waals surface area contributed by atoms with Crippen molar-refractivity contribution in [2.45, 2.75) is 116 Å². The molecule has 28 heavy (non-hydrogen) atoms. The van der Waals surface area contributed by atoms with E-state index in [0.29, 0.717) is 19.4 Å². The zero-order valence-corrected chi connectivity index (χ0v) is 17.8. The summed E-state index contributed by atoms with van der Waals surface area (Å²) >= 11 is 0. The predicted molar refractivity (Wildman–Crippen MR) is 112 cm³/mol. The molecule has 1 aliphatic heterocycles. The van der Waals surface area contributed by atoms with E-state index in [1.54, 1.807) is 0 Å². The minimum absolute atomic E-state index is 0.0463. The Morgan fingerprint density at radius 2 is 1.39 bits per heavy atom. The van der Waals surface area contributed by atoms with Gasteiger partial charge >= 0.3 is 11.9 Å². The van der Waals surface area contributed by atoms with E-state index in [-0.39, 0.29) is 5.97 Å². The van der Waals surface area contributed by atoms with Crippen molar-refractivity contribution in [2.75, 3.05) is 6.61 Å². The van der Waals surface area contributed by atoms with Gasteiger partial charge in [-0.15, -0.1) is 0 Å². The number of carboxylic acid groups (broad SMARTS) is 1. The second-order valence-electron chi connectivity index (χ2n) is 7.56. The third-order valence-corrected chi connectivity index (χ3v) is 4.88. The van der Waals surface area contributed by atoms with E-state index in [1.807, 2.05) is 0 Å². The van der Waals surface area contributed by atoms with Gasteiger partial charge in [-0.1, -0.05) is 64.7 Å². The number of carbonyl (C=O) groups excluding carboxylic acids is 2. The summed E-state index contributed by atoms with van der Waals surface area (Å²) in [7, 11) is 0. The van der Waals surface area contributed by atoms with Crippen molar-refractivity contribution in [2.24, 2.45) is 0 Å². The molecule has 0 bridgehead atoms. The van der Waals surface area contributed by atoms with E-state index in [4.69, 9.17) is 5.11 Å². The highest BCUT2D eigenvalue weighted by molar-refractivity contribution is 5.70. The summed E-state index contributed by atoms with van der Waals surface area (Å²) in [5.41, 5.74) is 0.977. The first-order valence-electron chi connectivity index (χ1n) is 11.2. The summed E-state index contributed by atoms with van der Waals surface area (Å²) in [4.78, 5) is 31.3. The molecule has 1 aliphatic rings. The molecule has 162 valence electrons. The van der Waals surface area contributed by atoms with Crippen molar-refractivity contribution < 1.29 is 24.2 Å². The van der Waals surface area contributed by atoms with Gasteiger partial charge in [-0.2, -0.15) is 0 Å². The van der Waals surface area contributed by atoms with E-state index in [2.05, 4.69) is 17.6 Å². The Morgan fingerprint density at radius 3 is 1.75 bits per heavy atom. The Balaban J connectivity index is 0.00000102. The van der Waals surface area contributed by atoms with Gasteiger partial charge in [0.05, 0.1) is 6.61 Å². The van der Waals surface area contributed by atoms with Crippen LogP contribution in [0.5, 0.6) is 0 Å². The molecular weight excluding hydrogens is 356 g/mol. The molecule has 1 rings (SSSR count). The first-order valence-corrected chi connectivity index (χ1v) is 11.2. The monoisotopic (exact) mass is 396 g/mol.